The number of hydrogen-bond donors (Lipinski definition) is 1. The van der Waals surface area contributed by atoms with Crippen molar-refractivity contribution >= 4 is 5.69 Å². The Morgan fingerprint density at radius 2 is 1.81 bits per heavy atom. The molecule has 21 heavy (non-hydrogen) atoms. The van der Waals surface area contributed by atoms with Crippen molar-refractivity contribution < 1.29 is 0 Å². The fraction of sp³-hybridized carbons (Fsp3) is 0.368. The van der Waals surface area contributed by atoms with Gasteiger partial charge < -0.3 is 10.2 Å². The van der Waals surface area contributed by atoms with Crippen molar-refractivity contribution in [2.45, 2.75) is 25.3 Å². The molecular formula is C19H24N2. The van der Waals surface area contributed by atoms with Crippen LogP contribution in [0.3, 0.4) is 0 Å². The molecule has 1 unspecified atom stereocenters. The summed E-state index contributed by atoms with van der Waals surface area (Å²) in [5.41, 5.74) is 4.35. The van der Waals surface area contributed by atoms with Crippen LogP contribution in [-0.2, 0) is 6.54 Å². The van der Waals surface area contributed by atoms with Crippen LogP contribution in [0.1, 0.15) is 29.9 Å². The Balaban J connectivity index is 1.74. The molecule has 0 spiro atoms. The zero-order chi connectivity index (χ0) is 14.5. The molecule has 0 saturated carbocycles. The predicted octanol–water partition coefficient (Wildman–Crippen LogP) is 3.79. The molecule has 1 aliphatic heterocycles. The lowest BCUT2D eigenvalue weighted by molar-refractivity contribution is 0.585. The minimum absolute atomic E-state index is 0.679. The summed E-state index contributed by atoms with van der Waals surface area (Å²) in [4.78, 5) is 2.54. The zero-order valence-corrected chi connectivity index (χ0v) is 12.8. The minimum atomic E-state index is 0.679. The molecule has 1 aliphatic rings. The number of anilines is 1. The van der Waals surface area contributed by atoms with Gasteiger partial charge in [0.1, 0.15) is 0 Å². The van der Waals surface area contributed by atoms with E-state index in [0.29, 0.717) is 5.92 Å². The van der Waals surface area contributed by atoms with E-state index in [1.165, 1.54) is 29.7 Å². The second-order valence-corrected chi connectivity index (χ2v) is 5.87. The fourth-order valence-electron chi connectivity index (χ4n) is 3.31. The van der Waals surface area contributed by atoms with Crippen LogP contribution in [0.4, 0.5) is 5.69 Å². The smallest absolute Gasteiger partial charge is 0.0429 e. The van der Waals surface area contributed by atoms with E-state index in [4.69, 9.17) is 0 Å². The molecule has 0 aliphatic carbocycles. The van der Waals surface area contributed by atoms with Crippen molar-refractivity contribution in [3.63, 3.8) is 0 Å². The van der Waals surface area contributed by atoms with E-state index in [2.05, 4.69) is 64.8 Å². The molecule has 2 aromatic carbocycles. The average Bonchev–Trinajstić information content (AvgIpc) is 2.87. The van der Waals surface area contributed by atoms with E-state index in [0.717, 1.165) is 19.6 Å². The third-order valence-electron chi connectivity index (χ3n) is 4.35. The lowest BCUT2D eigenvalue weighted by Crippen LogP contribution is -2.21. The maximum atomic E-state index is 3.25. The largest absolute Gasteiger partial charge is 0.366 e. The van der Waals surface area contributed by atoms with Gasteiger partial charge in [-0.2, -0.15) is 0 Å². The first-order valence-electron chi connectivity index (χ1n) is 7.91. The quantitative estimate of drug-likeness (QED) is 0.810. The molecule has 1 heterocycles. The van der Waals surface area contributed by atoms with E-state index in [-0.39, 0.29) is 0 Å². The summed E-state index contributed by atoms with van der Waals surface area (Å²) in [5.74, 6) is 0.679. The van der Waals surface area contributed by atoms with Crippen LogP contribution < -0.4 is 10.2 Å². The molecule has 1 N–H and O–H groups in total. The first kappa shape index (κ1) is 14.2. The molecule has 110 valence electrons. The summed E-state index contributed by atoms with van der Waals surface area (Å²) in [6.45, 7) is 3.27. The average molecular weight is 280 g/mol. The van der Waals surface area contributed by atoms with Gasteiger partial charge in [0, 0.05) is 24.7 Å². The highest BCUT2D eigenvalue weighted by atomic mass is 15.2. The molecule has 2 nitrogen and oxygen atoms in total. The Morgan fingerprint density at radius 3 is 2.62 bits per heavy atom. The lowest BCUT2D eigenvalue weighted by Gasteiger charge is -2.20. The molecule has 0 aromatic heterocycles. The Bertz CT molecular complexity index is 565. The van der Waals surface area contributed by atoms with E-state index in [1.807, 2.05) is 7.05 Å². The number of hydrogen-bond acceptors (Lipinski definition) is 2. The van der Waals surface area contributed by atoms with Crippen molar-refractivity contribution in [3.05, 3.63) is 65.7 Å². The number of nitrogens with one attached hydrogen (secondary N) is 1. The second-order valence-electron chi connectivity index (χ2n) is 5.87. The molecular weight excluding hydrogens is 256 g/mol. The molecule has 0 saturated heterocycles. The van der Waals surface area contributed by atoms with Crippen LogP contribution in [0.5, 0.6) is 0 Å². The van der Waals surface area contributed by atoms with Gasteiger partial charge >= 0.3 is 0 Å². The summed E-state index contributed by atoms with van der Waals surface area (Å²) in [7, 11) is 2.03. The van der Waals surface area contributed by atoms with Gasteiger partial charge in [0.15, 0.2) is 0 Å². The van der Waals surface area contributed by atoms with E-state index >= 15 is 0 Å². The number of fused-ring (bicyclic) bond motifs is 1. The number of rotatable bonds is 6. The lowest BCUT2D eigenvalue weighted by atomic mass is 9.96. The van der Waals surface area contributed by atoms with Gasteiger partial charge in [-0.05, 0) is 43.6 Å². The van der Waals surface area contributed by atoms with Crippen molar-refractivity contribution in [1.82, 2.24) is 5.32 Å². The highest BCUT2D eigenvalue weighted by Crippen LogP contribution is 2.39. The van der Waals surface area contributed by atoms with Crippen LogP contribution in [0.15, 0.2) is 54.6 Å². The van der Waals surface area contributed by atoms with E-state index in [1.54, 1.807) is 0 Å². The third kappa shape index (κ3) is 3.27. The highest BCUT2D eigenvalue weighted by molar-refractivity contribution is 5.60. The Morgan fingerprint density at radius 1 is 1.05 bits per heavy atom. The van der Waals surface area contributed by atoms with Crippen molar-refractivity contribution in [1.29, 1.82) is 0 Å². The van der Waals surface area contributed by atoms with Gasteiger partial charge in [-0.15, -0.1) is 0 Å². The molecule has 0 amide bonds. The predicted molar refractivity (Wildman–Crippen MR) is 89.8 cm³/mol. The van der Waals surface area contributed by atoms with Crippen molar-refractivity contribution in [2.75, 3.05) is 25.0 Å². The van der Waals surface area contributed by atoms with Gasteiger partial charge in [-0.25, -0.2) is 0 Å². The van der Waals surface area contributed by atoms with Crippen LogP contribution in [0.2, 0.25) is 0 Å². The number of nitrogens with zero attached hydrogens (tertiary/aromatic N) is 1. The first-order valence-corrected chi connectivity index (χ1v) is 7.91. The monoisotopic (exact) mass is 280 g/mol. The Labute approximate surface area is 127 Å². The van der Waals surface area contributed by atoms with Gasteiger partial charge in [0.05, 0.1) is 0 Å². The normalized spacial score (nSPS) is 17.0. The van der Waals surface area contributed by atoms with Gasteiger partial charge in [0.25, 0.3) is 0 Å². The van der Waals surface area contributed by atoms with Crippen LogP contribution in [0, 0.1) is 0 Å². The first-order chi connectivity index (χ1) is 10.4. The molecule has 2 aromatic rings. The molecule has 0 bridgehead atoms. The van der Waals surface area contributed by atoms with Gasteiger partial charge in [0.2, 0.25) is 0 Å². The SMILES string of the molecule is CNCCCC1CN(Cc2ccccc2)c2ccccc21. The van der Waals surface area contributed by atoms with Crippen LogP contribution in [0.25, 0.3) is 0 Å². The van der Waals surface area contributed by atoms with Crippen molar-refractivity contribution in [3.8, 4) is 0 Å². The van der Waals surface area contributed by atoms with Gasteiger partial charge in [-0.3, -0.25) is 0 Å². The Hall–Kier alpha value is -1.80. The maximum absolute atomic E-state index is 3.25. The summed E-state index contributed by atoms with van der Waals surface area (Å²) in [5, 5.41) is 3.25. The molecule has 3 rings (SSSR count). The van der Waals surface area contributed by atoms with Crippen molar-refractivity contribution in [2.24, 2.45) is 0 Å². The van der Waals surface area contributed by atoms with Crippen LogP contribution >= 0.6 is 0 Å². The highest BCUT2D eigenvalue weighted by Gasteiger charge is 2.27. The summed E-state index contributed by atoms with van der Waals surface area (Å²) < 4.78 is 0. The van der Waals surface area contributed by atoms with E-state index < -0.39 is 0 Å². The standard InChI is InChI=1S/C19H24N2/c1-20-13-7-10-17-15-21(14-16-8-3-2-4-9-16)19-12-6-5-11-18(17)19/h2-6,8-9,11-12,17,20H,7,10,13-15H2,1H3. The molecule has 0 radical (unpaired) electrons. The maximum Gasteiger partial charge on any atom is 0.0429 e. The summed E-state index contributed by atoms with van der Waals surface area (Å²) >= 11 is 0. The minimum Gasteiger partial charge on any atom is -0.366 e. The van der Waals surface area contributed by atoms with Gasteiger partial charge in [-0.1, -0.05) is 48.5 Å². The van der Waals surface area contributed by atoms with E-state index in [9.17, 15) is 0 Å². The number of para-hydroxylation sites is 1. The second kappa shape index (κ2) is 6.77. The third-order valence-corrected chi connectivity index (χ3v) is 4.35. The molecule has 1 atom stereocenters. The number of benzene rings is 2. The van der Waals surface area contributed by atoms with Crippen LogP contribution in [-0.4, -0.2) is 20.1 Å². The topological polar surface area (TPSA) is 15.3 Å². The fourth-order valence-corrected chi connectivity index (χ4v) is 3.31. The summed E-state index contributed by atoms with van der Waals surface area (Å²) in [6, 6.07) is 19.7. The summed E-state index contributed by atoms with van der Waals surface area (Å²) in [6.07, 6.45) is 2.51. The molecule has 0 fully saturated rings. The molecule has 2 heteroatoms. The zero-order valence-electron chi connectivity index (χ0n) is 12.8. The Kier molecular flexibility index (Phi) is 4.56.